The molecule has 156 valence electrons. The molecule has 2 aromatic carbocycles. The van der Waals surface area contributed by atoms with Gasteiger partial charge in [-0.3, -0.25) is 9.89 Å². The van der Waals surface area contributed by atoms with Crippen LogP contribution in [-0.4, -0.2) is 51.8 Å². The predicted molar refractivity (Wildman–Crippen MR) is 118 cm³/mol. The Labute approximate surface area is 173 Å². The number of methoxy groups -OCH3 is 2. The first-order valence-electron chi connectivity index (χ1n) is 10.2. The molecule has 2 N–H and O–H groups in total. The quantitative estimate of drug-likeness (QED) is 0.530. The van der Waals surface area contributed by atoms with Gasteiger partial charge >= 0.3 is 0 Å². The van der Waals surface area contributed by atoms with Crippen LogP contribution in [0.3, 0.4) is 0 Å². The monoisotopic (exact) mass is 396 g/mol. The summed E-state index contributed by atoms with van der Waals surface area (Å²) in [6.45, 7) is 3.72. The van der Waals surface area contributed by atoms with Crippen molar-refractivity contribution in [1.82, 2.24) is 15.5 Å². The zero-order chi connectivity index (χ0) is 20.5. The van der Waals surface area contributed by atoms with Crippen LogP contribution in [0, 0.1) is 0 Å². The van der Waals surface area contributed by atoms with Crippen molar-refractivity contribution in [2.24, 2.45) is 4.99 Å². The Morgan fingerprint density at radius 3 is 2.38 bits per heavy atom. The van der Waals surface area contributed by atoms with Gasteiger partial charge in [-0.05, 0) is 61.3 Å². The van der Waals surface area contributed by atoms with Gasteiger partial charge in [-0.25, -0.2) is 0 Å². The van der Waals surface area contributed by atoms with E-state index in [4.69, 9.17) is 9.47 Å². The van der Waals surface area contributed by atoms with Gasteiger partial charge in [0.15, 0.2) is 5.96 Å². The van der Waals surface area contributed by atoms with Crippen molar-refractivity contribution in [3.8, 4) is 11.5 Å². The molecule has 3 rings (SSSR count). The van der Waals surface area contributed by atoms with Crippen LogP contribution >= 0.6 is 0 Å². The highest BCUT2D eigenvalue weighted by Crippen LogP contribution is 2.27. The Kier molecular flexibility index (Phi) is 7.76. The second-order valence-electron chi connectivity index (χ2n) is 7.19. The second kappa shape index (κ2) is 10.7. The molecule has 1 unspecified atom stereocenters. The SMILES string of the molecule is CN=C(NCc1cccc(OC)c1)NCC(c1cccc(OC)c1)N1CCCC1. The molecule has 1 saturated heterocycles. The van der Waals surface area contributed by atoms with E-state index >= 15 is 0 Å². The number of rotatable bonds is 8. The lowest BCUT2D eigenvalue weighted by molar-refractivity contribution is 0.245. The van der Waals surface area contributed by atoms with Crippen molar-refractivity contribution in [3.05, 3.63) is 59.7 Å². The molecule has 1 fully saturated rings. The highest BCUT2D eigenvalue weighted by molar-refractivity contribution is 5.79. The molecule has 2 aromatic rings. The number of likely N-dealkylation sites (tertiary alicyclic amines) is 1. The van der Waals surface area contributed by atoms with Crippen LogP contribution in [0.15, 0.2) is 53.5 Å². The number of aliphatic imine (C=N–C) groups is 1. The molecule has 0 aromatic heterocycles. The van der Waals surface area contributed by atoms with Crippen LogP contribution in [0.2, 0.25) is 0 Å². The van der Waals surface area contributed by atoms with Gasteiger partial charge in [0.2, 0.25) is 0 Å². The van der Waals surface area contributed by atoms with Crippen LogP contribution in [0.5, 0.6) is 11.5 Å². The minimum atomic E-state index is 0.281. The van der Waals surface area contributed by atoms with E-state index < -0.39 is 0 Å². The van der Waals surface area contributed by atoms with Crippen LogP contribution < -0.4 is 20.1 Å². The number of nitrogens with one attached hydrogen (secondary N) is 2. The van der Waals surface area contributed by atoms with Gasteiger partial charge in [0.1, 0.15) is 11.5 Å². The summed E-state index contributed by atoms with van der Waals surface area (Å²) >= 11 is 0. The molecule has 1 atom stereocenters. The van der Waals surface area contributed by atoms with E-state index in [2.05, 4.69) is 44.8 Å². The summed E-state index contributed by atoms with van der Waals surface area (Å²) in [5.74, 6) is 2.55. The molecule has 1 heterocycles. The summed E-state index contributed by atoms with van der Waals surface area (Å²) in [5.41, 5.74) is 2.41. The summed E-state index contributed by atoms with van der Waals surface area (Å²) in [7, 11) is 5.20. The largest absolute Gasteiger partial charge is 0.497 e. The molecule has 0 radical (unpaired) electrons. The maximum absolute atomic E-state index is 5.44. The van der Waals surface area contributed by atoms with Crippen molar-refractivity contribution < 1.29 is 9.47 Å². The Bertz CT molecular complexity index is 803. The first kappa shape index (κ1) is 21.0. The lowest BCUT2D eigenvalue weighted by Crippen LogP contribution is -2.42. The first-order chi connectivity index (χ1) is 14.2. The molecular formula is C23H32N4O2. The number of guanidine groups is 1. The van der Waals surface area contributed by atoms with Crippen molar-refractivity contribution in [2.45, 2.75) is 25.4 Å². The Hall–Kier alpha value is -2.73. The lowest BCUT2D eigenvalue weighted by atomic mass is 10.1. The highest BCUT2D eigenvalue weighted by atomic mass is 16.5. The van der Waals surface area contributed by atoms with Gasteiger partial charge in [0, 0.05) is 20.1 Å². The zero-order valence-corrected chi connectivity index (χ0v) is 17.6. The number of nitrogens with zero attached hydrogens (tertiary/aromatic N) is 2. The van der Waals surface area contributed by atoms with Crippen molar-refractivity contribution in [2.75, 3.05) is 40.9 Å². The number of ether oxygens (including phenoxy) is 2. The zero-order valence-electron chi connectivity index (χ0n) is 17.6. The van der Waals surface area contributed by atoms with Crippen molar-refractivity contribution in [3.63, 3.8) is 0 Å². The fraction of sp³-hybridized carbons (Fsp3) is 0.435. The lowest BCUT2D eigenvalue weighted by Gasteiger charge is -2.29. The van der Waals surface area contributed by atoms with Crippen LogP contribution in [0.4, 0.5) is 0 Å². The summed E-state index contributed by atoms with van der Waals surface area (Å²) in [6, 6.07) is 16.7. The molecular weight excluding hydrogens is 364 g/mol. The summed E-state index contributed by atoms with van der Waals surface area (Å²) in [6.07, 6.45) is 2.51. The van der Waals surface area contributed by atoms with E-state index in [9.17, 15) is 0 Å². The van der Waals surface area contributed by atoms with Crippen LogP contribution in [0.25, 0.3) is 0 Å². The molecule has 29 heavy (non-hydrogen) atoms. The normalized spacial score (nSPS) is 15.8. The fourth-order valence-corrected chi connectivity index (χ4v) is 3.74. The maximum Gasteiger partial charge on any atom is 0.191 e. The second-order valence-corrected chi connectivity index (χ2v) is 7.19. The Morgan fingerprint density at radius 1 is 1.00 bits per heavy atom. The van der Waals surface area contributed by atoms with Gasteiger partial charge in [-0.1, -0.05) is 24.3 Å². The molecule has 0 bridgehead atoms. The van der Waals surface area contributed by atoms with E-state index in [0.717, 1.165) is 42.7 Å². The van der Waals surface area contributed by atoms with Gasteiger partial charge in [-0.2, -0.15) is 0 Å². The molecule has 1 aliphatic rings. The Balaban J connectivity index is 1.63. The minimum absolute atomic E-state index is 0.281. The smallest absolute Gasteiger partial charge is 0.191 e. The topological polar surface area (TPSA) is 58.1 Å². The van der Waals surface area contributed by atoms with Crippen molar-refractivity contribution >= 4 is 5.96 Å². The van der Waals surface area contributed by atoms with Gasteiger partial charge in [-0.15, -0.1) is 0 Å². The number of hydrogen-bond donors (Lipinski definition) is 2. The minimum Gasteiger partial charge on any atom is -0.497 e. The highest BCUT2D eigenvalue weighted by Gasteiger charge is 2.24. The van der Waals surface area contributed by atoms with Gasteiger partial charge in [0.25, 0.3) is 0 Å². The number of benzene rings is 2. The van der Waals surface area contributed by atoms with Crippen LogP contribution in [-0.2, 0) is 6.54 Å². The van der Waals surface area contributed by atoms with E-state index in [1.54, 1.807) is 21.3 Å². The third kappa shape index (κ3) is 5.87. The standard InChI is InChI=1S/C23H32N4O2/c1-24-23(25-16-18-8-6-10-20(14-18)28-2)26-17-22(27-12-4-5-13-27)19-9-7-11-21(15-19)29-3/h6-11,14-15,22H,4-5,12-13,16-17H2,1-3H3,(H2,24,25,26). The van der Waals surface area contributed by atoms with Gasteiger partial charge < -0.3 is 20.1 Å². The van der Waals surface area contributed by atoms with E-state index in [1.807, 2.05) is 24.3 Å². The van der Waals surface area contributed by atoms with Crippen molar-refractivity contribution in [1.29, 1.82) is 0 Å². The molecule has 6 nitrogen and oxygen atoms in total. The molecule has 1 aliphatic heterocycles. The van der Waals surface area contributed by atoms with Gasteiger partial charge in [0.05, 0.1) is 20.3 Å². The summed E-state index contributed by atoms with van der Waals surface area (Å²) < 4.78 is 10.7. The molecule has 0 saturated carbocycles. The third-order valence-corrected chi connectivity index (χ3v) is 5.34. The number of hydrogen-bond acceptors (Lipinski definition) is 4. The molecule has 0 amide bonds. The summed E-state index contributed by atoms with van der Waals surface area (Å²) in [5, 5.41) is 6.90. The van der Waals surface area contributed by atoms with Crippen LogP contribution in [0.1, 0.15) is 30.0 Å². The summed E-state index contributed by atoms with van der Waals surface area (Å²) in [4.78, 5) is 6.93. The molecule has 6 heteroatoms. The molecule has 0 spiro atoms. The average molecular weight is 397 g/mol. The first-order valence-corrected chi connectivity index (χ1v) is 10.2. The van der Waals surface area contributed by atoms with E-state index in [0.29, 0.717) is 6.54 Å². The molecule has 0 aliphatic carbocycles. The third-order valence-electron chi connectivity index (χ3n) is 5.34. The predicted octanol–water partition coefficient (Wildman–Crippen LogP) is 3.21. The van der Waals surface area contributed by atoms with E-state index in [-0.39, 0.29) is 6.04 Å². The Morgan fingerprint density at radius 2 is 1.69 bits per heavy atom. The maximum atomic E-state index is 5.44. The van der Waals surface area contributed by atoms with E-state index in [1.165, 1.54) is 18.4 Å². The average Bonchev–Trinajstić information content (AvgIpc) is 3.31. The fourth-order valence-electron chi connectivity index (χ4n) is 3.74.